The Morgan fingerprint density at radius 2 is 0.975 bits per heavy atom. The zero-order chi connectivity index (χ0) is 31.2. The maximum Gasteiger partial charge on any atom is 0.192 e. The molecule has 0 aromatic carbocycles. The molecule has 7 heteroatoms. The molecule has 4 atom stereocenters. The Morgan fingerprint density at radius 1 is 0.600 bits per heavy atom. The van der Waals surface area contributed by atoms with Gasteiger partial charge < -0.3 is 18.0 Å². The van der Waals surface area contributed by atoms with E-state index < -0.39 is 25.0 Å². The molecule has 240 valence electrons. The first-order chi connectivity index (χ1) is 17.9. The van der Waals surface area contributed by atoms with Crippen LogP contribution in [-0.2, 0) is 18.0 Å². The lowest BCUT2D eigenvalue weighted by molar-refractivity contribution is 0.0447. The molecule has 1 aliphatic rings. The third kappa shape index (κ3) is 13.0. The summed E-state index contributed by atoms with van der Waals surface area (Å²) in [7, 11) is -5.83. The van der Waals surface area contributed by atoms with Gasteiger partial charge in [0.25, 0.3) is 0 Å². The molecule has 0 aliphatic carbocycles. The minimum absolute atomic E-state index is 0.139. The first kappa shape index (κ1) is 38.5. The van der Waals surface area contributed by atoms with E-state index >= 15 is 0 Å². The van der Waals surface area contributed by atoms with Crippen LogP contribution in [0.25, 0.3) is 0 Å². The Hall–Kier alpha value is 0.491. The van der Waals surface area contributed by atoms with Gasteiger partial charge in [0.2, 0.25) is 0 Å². The lowest BCUT2D eigenvalue weighted by atomic mass is 9.99. The van der Waals surface area contributed by atoms with E-state index in [1.165, 1.54) is 32.1 Å². The van der Waals surface area contributed by atoms with E-state index in [-0.39, 0.29) is 33.4 Å². The normalized spacial score (nSPS) is 19.9. The third-order valence-corrected chi connectivity index (χ3v) is 24.0. The number of hydrogen-bond acceptors (Lipinski definition) is 4. The first-order valence-corrected chi connectivity index (χ1v) is 25.3. The van der Waals surface area contributed by atoms with Crippen LogP contribution in [0.1, 0.15) is 127 Å². The summed E-state index contributed by atoms with van der Waals surface area (Å²) < 4.78 is 27.3. The van der Waals surface area contributed by atoms with Gasteiger partial charge >= 0.3 is 0 Å². The van der Waals surface area contributed by atoms with Gasteiger partial charge in [-0.05, 0) is 73.7 Å². The van der Waals surface area contributed by atoms with Crippen LogP contribution in [-0.4, -0.2) is 56.0 Å². The monoisotopic (exact) mass is 616 g/mol. The van der Waals surface area contributed by atoms with Crippen LogP contribution in [0, 0.1) is 0 Å². The second-order valence-corrected chi connectivity index (χ2v) is 31.6. The van der Waals surface area contributed by atoms with Gasteiger partial charge in [-0.2, -0.15) is 0 Å². The minimum Gasteiger partial charge on any atom is -0.414 e. The van der Waals surface area contributed by atoms with Crippen LogP contribution < -0.4 is 0 Å². The second kappa shape index (κ2) is 15.0. The molecule has 0 unspecified atom stereocenters. The van der Waals surface area contributed by atoms with Gasteiger partial charge in [-0.1, -0.05) is 101 Å². The predicted octanol–water partition coefficient (Wildman–Crippen LogP) is 11.1. The summed E-state index contributed by atoms with van der Waals surface area (Å²) in [4.78, 5) is 0. The highest BCUT2D eigenvalue weighted by molar-refractivity contribution is 6.75. The molecule has 1 saturated heterocycles. The topological polar surface area (TPSA) is 40.2 Å². The third-order valence-electron chi connectivity index (χ3n) is 10.4. The van der Waals surface area contributed by atoms with Crippen LogP contribution in [0.5, 0.6) is 0 Å². The molecule has 0 saturated carbocycles. The fourth-order valence-electron chi connectivity index (χ4n) is 4.45. The lowest BCUT2D eigenvalue weighted by Crippen LogP contribution is -2.49. The van der Waals surface area contributed by atoms with Crippen molar-refractivity contribution < 1.29 is 18.0 Å². The Morgan fingerprint density at radius 3 is 1.38 bits per heavy atom. The van der Waals surface area contributed by atoms with E-state index in [9.17, 15) is 0 Å². The molecule has 40 heavy (non-hydrogen) atoms. The van der Waals surface area contributed by atoms with E-state index in [4.69, 9.17) is 18.0 Å². The molecule has 0 bridgehead atoms. The fraction of sp³-hybridized carbons (Fsp3) is 1.00. The molecule has 1 aliphatic heterocycles. The molecule has 0 aromatic heterocycles. The maximum atomic E-state index is 7.28. The molecule has 0 aromatic rings. The van der Waals surface area contributed by atoms with Gasteiger partial charge in [0.15, 0.2) is 25.0 Å². The highest BCUT2D eigenvalue weighted by atomic mass is 28.4. The summed E-state index contributed by atoms with van der Waals surface area (Å²) in [5.74, 6) is 0. The SMILES string of the molecule is CCCCCCC[C@H](C[C@H](C[C@H](C[C@H]1CO1)O[Si](C)(C)C(C)(C)C)O[Si](C)(C)C(C)(C)C)O[Si](C)(C)C(C)(C)C. The van der Waals surface area contributed by atoms with Gasteiger partial charge in [-0.25, -0.2) is 0 Å². The summed E-state index contributed by atoms with van der Waals surface area (Å²) in [6.45, 7) is 38.8. The van der Waals surface area contributed by atoms with Crippen molar-refractivity contribution in [3.05, 3.63) is 0 Å². The molecule has 0 spiro atoms. The van der Waals surface area contributed by atoms with Crippen molar-refractivity contribution in [2.75, 3.05) is 6.61 Å². The Labute approximate surface area is 254 Å². The molecule has 0 N–H and O–H groups in total. The standard InChI is InChI=1S/C33H72O4Si3/c1-17-18-19-20-21-22-27(35-38(11,12)31(2,3)4)23-28(36-39(13,14)32(5,6)7)24-29(25-30-26-34-30)37-40(15,16)33(8,9)10/h27-30H,17-26H2,1-16H3/t27-,28-,29-,30+/m1/s1. The molecule has 1 rings (SSSR count). The zero-order valence-corrected chi connectivity index (χ0v) is 33.0. The largest absolute Gasteiger partial charge is 0.414 e. The summed E-state index contributed by atoms with van der Waals surface area (Å²) >= 11 is 0. The molecular formula is C33H72O4Si3. The van der Waals surface area contributed by atoms with Crippen molar-refractivity contribution in [1.29, 1.82) is 0 Å². The number of rotatable bonds is 18. The smallest absolute Gasteiger partial charge is 0.192 e. The molecular weight excluding hydrogens is 545 g/mol. The van der Waals surface area contributed by atoms with Crippen molar-refractivity contribution in [3.63, 3.8) is 0 Å². The molecule has 1 fully saturated rings. The number of epoxide rings is 1. The van der Waals surface area contributed by atoms with Crippen molar-refractivity contribution in [1.82, 2.24) is 0 Å². The van der Waals surface area contributed by atoms with Gasteiger partial charge in [0.05, 0.1) is 18.8 Å². The van der Waals surface area contributed by atoms with Crippen molar-refractivity contribution in [2.24, 2.45) is 0 Å². The van der Waals surface area contributed by atoms with Crippen LogP contribution in [0.4, 0.5) is 0 Å². The van der Waals surface area contributed by atoms with E-state index in [2.05, 4.69) is 109 Å². The zero-order valence-electron chi connectivity index (χ0n) is 30.0. The molecule has 4 nitrogen and oxygen atoms in total. The Balaban J connectivity index is 3.30. The molecule has 0 amide bonds. The summed E-state index contributed by atoms with van der Waals surface area (Å²) in [6.07, 6.45) is 11.4. The lowest BCUT2D eigenvalue weighted by Gasteiger charge is -2.44. The van der Waals surface area contributed by atoms with Crippen molar-refractivity contribution in [3.8, 4) is 0 Å². The van der Waals surface area contributed by atoms with Crippen LogP contribution in [0.15, 0.2) is 0 Å². The average Bonchev–Trinajstić information content (AvgIpc) is 3.54. The van der Waals surface area contributed by atoms with E-state index in [1.54, 1.807) is 0 Å². The second-order valence-electron chi connectivity index (χ2n) is 17.4. The highest BCUT2D eigenvalue weighted by Gasteiger charge is 2.45. The summed E-state index contributed by atoms with van der Waals surface area (Å²) in [6, 6.07) is 0. The van der Waals surface area contributed by atoms with Crippen molar-refractivity contribution in [2.45, 2.75) is 206 Å². The number of hydrogen-bond donors (Lipinski definition) is 0. The molecule has 0 radical (unpaired) electrons. The maximum absolute atomic E-state index is 7.28. The highest BCUT2D eigenvalue weighted by Crippen LogP contribution is 2.43. The van der Waals surface area contributed by atoms with E-state index in [0.717, 1.165) is 32.3 Å². The number of unbranched alkanes of at least 4 members (excludes halogenated alkanes) is 4. The van der Waals surface area contributed by atoms with E-state index in [1.807, 2.05) is 0 Å². The number of ether oxygens (including phenoxy) is 1. The quantitative estimate of drug-likeness (QED) is 0.0872. The predicted molar refractivity (Wildman–Crippen MR) is 183 cm³/mol. The minimum atomic E-state index is -1.99. The average molecular weight is 617 g/mol. The summed E-state index contributed by atoms with van der Waals surface area (Å²) in [5.41, 5.74) is 0. The van der Waals surface area contributed by atoms with E-state index in [0.29, 0.717) is 6.10 Å². The van der Waals surface area contributed by atoms with Crippen LogP contribution in [0.2, 0.25) is 54.4 Å². The van der Waals surface area contributed by atoms with Gasteiger partial charge in [-0.15, -0.1) is 0 Å². The fourth-order valence-corrected chi connectivity index (χ4v) is 8.61. The Kier molecular flexibility index (Phi) is 14.4. The molecule has 1 heterocycles. The van der Waals surface area contributed by atoms with Crippen LogP contribution >= 0.6 is 0 Å². The summed E-state index contributed by atoms with van der Waals surface area (Å²) in [5, 5.41) is 0.537. The first-order valence-electron chi connectivity index (χ1n) is 16.6. The van der Waals surface area contributed by atoms with Gasteiger partial charge in [-0.3, -0.25) is 0 Å². The van der Waals surface area contributed by atoms with Gasteiger partial charge in [0.1, 0.15) is 0 Å². The van der Waals surface area contributed by atoms with Crippen molar-refractivity contribution >= 4 is 25.0 Å². The Bertz CT molecular complexity index is 727. The van der Waals surface area contributed by atoms with Gasteiger partial charge in [0, 0.05) is 18.6 Å². The van der Waals surface area contributed by atoms with Crippen LogP contribution in [0.3, 0.4) is 0 Å².